The van der Waals surface area contributed by atoms with E-state index in [0.29, 0.717) is 39.1 Å². The smallest absolute Gasteiger partial charge is 0.266 e. The molecule has 5 rings (SSSR count). The van der Waals surface area contributed by atoms with E-state index < -0.39 is 5.82 Å². The first-order valence-electron chi connectivity index (χ1n) is 10.7. The standard InChI is InChI=1S/C25H20FN7OS/c1-15-11-12-17(13-19(15)26)33-22(34)18-9-5-6-10-20(18)29-25(33)35-14-21-30-23(27)32-24(31-21)28-16-7-3-2-4-8-16/h2-13H,14H2,1H3,(H3,27,28,30,31,32). The molecule has 0 bridgehead atoms. The molecule has 2 aromatic heterocycles. The highest BCUT2D eigenvalue weighted by molar-refractivity contribution is 7.98. The maximum atomic E-state index is 14.4. The Kier molecular flexibility index (Phi) is 6.11. The Balaban J connectivity index is 1.52. The zero-order valence-electron chi connectivity index (χ0n) is 18.6. The van der Waals surface area contributed by atoms with E-state index in [0.717, 1.165) is 5.69 Å². The molecule has 0 aliphatic rings. The number of para-hydroxylation sites is 2. The molecule has 0 atom stereocenters. The molecule has 10 heteroatoms. The highest BCUT2D eigenvalue weighted by Gasteiger charge is 2.16. The van der Waals surface area contributed by atoms with Crippen molar-refractivity contribution in [3.63, 3.8) is 0 Å². The maximum absolute atomic E-state index is 14.4. The second kappa shape index (κ2) is 9.51. The Labute approximate surface area is 204 Å². The maximum Gasteiger partial charge on any atom is 0.266 e. The molecule has 0 aliphatic heterocycles. The third-order valence-corrected chi connectivity index (χ3v) is 6.15. The van der Waals surface area contributed by atoms with Crippen molar-refractivity contribution < 1.29 is 4.39 Å². The van der Waals surface area contributed by atoms with E-state index in [2.05, 4.69) is 25.3 Å². The molecule has 35 heavy (non-hydrogen) atoms. The van der Waals surface area contributed by atoms with Crippen molar-refractivity contribution in [1.29, 1.82) is 0 Å². The summed E-state index contributed by atoms with van der Waals surface area (Å²) in [5.74, 6) is 0.641. The van der Waals surface area contributed by atoms with Crippen LogP contribution in [0.5, 0.6) is 0 Å². The molecule has 0 unspecified atom stereocenters. The van der Waals surface area contributed by atoms with Gasteiger partial charge in [0.2, 0.25) is 11.9 Å². The van der Waals surface area contributed by atoms with Crippen molar-refractivity contribution >= 4 is 40.2 Å². The molecular weight excluding hydrogens is 465 g/mol. The molecule has 0 radical (unpaired) electrons. The van der Waals surface area contributed by atoms with Gasteiger partial charge >= 0.3 is 0 Å². The van der Waals surface area contributed by atoms with E-state index in [1.54, 1.807) is 37.3 Å². The average molecular weight is 486 g/mol. The van der Waals surface area contributed by atoms with Crippen molar-refractivity contribution in [1.82, 2.24) is 24.5 Å². The van der Waals surface area contributed by atoms with Gasteiger partial charge in [0.1, 0.15) is 11.6 Å². The third kappa shape index (κ3) is 4.82. The van der Waals surface area contributed by atoms with Crippen LogP contribution in [0.3, 0.4) is 0 Å². The molecule has 0 spiro atoms. The predicted octanol–water partition coefficient (Wildman–Crippen LogP) is 4.64. The number of fused-ring (bicyclic) bond motifs is 1. The van der Waals surface area contributed by atoms with Gasteiger partial charge in [-0.3, -0.25) is 9.36 Å². The highest BCUT2D eigenvalue weighted by atomic mass is 32.2. The molecule has 174 valence electrons. The zero-order valence-corrected chi connectivity index (χ0v) is 19.5. The Bertz CT molecular complexity index is 1590. The lowest BCUT2D eigenvalue weighted by atomic mass is 10.2. The fourth-order valence-corrected chi connectivity index (χ4v) is 4.36. The van der Waals surface area contributed by atoms with Crippen LogP contribution in [0.2, 0.25) is 0 Å². The van der Waals surface area contributed by atoms with Crippen LogP contribution in [0.1, 0.15) is 11.4 Å². The van der Waals surface area contributed by atoms with Gasteiger partial charge in [-0.2, -0.15) is 15.0 Å². The number of anilines is 3. The number of aromatic nitrogens is 5. The van der Waals surface area contributed by atoms with Crippen molar-refractivity contribution in [3.05, 3.63) is 100 Å². The first-order chi connectivity index (χ1) is 17.0. The van der Waals surface area contributed by atoms with Crippen molar-refractivity contribution in [3.8, 4) is 5.69 Å². The molecule has 0 fully saturated rings. The Morgan fingerprint density at radius 1 is 0.971 bits per heavy atom. The summed E-state index contributed by atoms with van der Waals surface area (Å²) < 4.78 is 15.8. The van der Waals surface area contributed by atoms with E-state index in [4.69, 9.17) is 5.73 Å². The number of aryl methyl sites for hydroxylation is 1. The first-order valence-corrected chi connectivity index (χ1v) is 11.7. The summed E-state index contributed by atoms with van der Waals surface area (Å²) in [5, 5.41) is 3.93. The van der Waals surface area contributed by atoms with Crippen LogP contribution in [0, 0.1) is 12.7 Å². The van der Waals surface area contributed by atoms with Crippen LogP contribution < -0.4 is 16.6 Å². The lowest BCUT2D eigenvalue weighted by Crippen LogP contribution is -2.22. The second-order valence-electron chi connectivity index (χ2n) is 7.70. The van der Waals surface area contributed by atoms with E-state index in [1.807, 2.05) is 36.4 Å². The number of halogens is 1. The summed E-state index contributed by atoms with van der Waals surface area (Å²) in [6.07, 6.45) is 0. The topological polar surface area (TPSA) is 112 Å². The fourth-order valence-electron chi connectivity index (χ4n) is 3.50. The molecule has 0 saturated carbocycles. The largest absolute Gasteiger partial charge is 0.368 e. The summed E-state index contributed by atoms with van der Waals surface area (Å²) in [5.41, 5.74) is 7.85. The summed E-state index contributed by atoms with van der Waals surface area (Å²) in [6, 6.07) is 21.2. The summed E-state index contributed by atoms with van der Waals surface area (Å²) in [6.45, 7) is 1.67. The van der Waals surface area contributed by atoms with E-state index in [9.17, 15) is 9.18 Å². The highest BCUT2D eigenvalue weighted by Crippen LogP contribution is 2.25. The number of nitrogens with one attached hydrogen (secondary N) is 1. The quantitative estimate of drug-likeness (QED) is 0.264. The molecule has 0 aliphatic carbocycles. The minimum Gasteiger partial charge on any atom is -0.368 e. The third-order valence-electron chi connectivity index (χ3n) is 5.22. The lowest BCUT2D eigenvalue weighted by molar-refractivity contribution is 0.615. The Morgan fingerprint density at radius 3 is 2.54 bits per heavy atom. The van der Waals surface area contributed by atoms with Gasteiger partial charge in [-0.15, -0.1) is 0 Å². The molecule has 3 N–H and O–H groups in total. The zero-order chi connectivity index (χ0) is 24.4. The second-order valence-corrected chi connectivity index (χ2v) is 8.64. The number of thioether (sulfide) groups is 1. The van der Waals surface area contributed by atoms with Crippen molar-refractivity contribution in [2.24, 2.45) is 0 Å². The van der Waals surface area contributed by atoms with Gasteiger partial charge in [0.15, 0.2) is 5.16 Å². The summed E-state index contributed by atoms with van der Waals surface area (Å²) in [7, 11) is 0. The van der Waals surface area contributed by atoms with Gasteiger partial charge in [0, 0.05) is 5.69 Å². The molecule has 3 aromatic carbocycles. The monoisotopic (exact) mass is 485 g/mol. The number of rotatable bonds is 6. The van der Waals surface area contributed by atoms with E-state index in [1.165, 1.54) is 22.4 Å². The van der Waals surface area contributed by atoms with Crippen molar-refractivity contribution in [2.75, 3.05) is 11.1 Å². The van der Waals surface area contributed by atoms with Gasteiger partial charge in [0.25, 0.3) is 5.56 Å². The molecule has 0 saturated heterocycles. The van der Waals surface area contributed by atoms with Crippen LogP contribution in [0.25, 0.3) is 16.6 Å². The Hall–Kier alpha value is -4.31. The van der Waals surface area contributed by atoms with Crippen LogP contribution in [0.15, 0.2) is 82.7 Å². The van der Waals surface area contributed by atoms with Gasteiger partial charge < -0.3 is 11.1 Å². The Morgan fingerprint density at radius 2 is 1.74 bits per heavy atom. The summed E-state index contributed by atoms with van der Waals surface area (Å²) >= 11 is 1.25. The average Bonchev–Trinajstić information content (AvgIpc) is 2.85. The van der Waals surface area contributed by atoms with Gasteiger partial charge in [0.05, 0.1) is 22.3 Å². The number of nitrogens with two attached hydrogens (primary N) is 1. The lowest BCUT2D eigenvalue weighted by Gasteiger charge is -2.14. The molecule has 8 nitrogen and oxygen atoms in total. The molecule has 5 aromatic rings. The van der Waals surface area contributed by atoms with Crippen LogP contribution in [-0.2, 0) is 5.75 Å². The molecular formula is C25H20FN7OS. The van der Waals surface area contributed by atoms with Crippen LogP contribution in [-0.4, -0.2) is 24.5 Å². The first kappa shape index (κ1) is 22.5. The SMILES string of the molecule is Cc1ccc(-n2c(SCc3nc(N)nc(Nc4ccccc4)n3)nc3ccccc3c2=O)cc1F. The molecule has 2 heterocycles. The number of benzene rings is 3. The van der Waals surface area contributed by atoms with E-state index >= 15 is 0 Å². The van der Waals surface area contributed by atoms with E-state index in [-0.39, 0.29) is 17.3 Å². The number of hydrogen-bond donors (Lipinski definition) is 2. The molecule has 0 amide bonds. The number of hydrogen-bond acceptors (Lipinski definition) is 8. The van der Waals surface area contributed by atoms with Crippen LogP contribution in [0.4, 0.5) is 22.0 Å². The minimum atomic E-state index is -0.402. The van der Waals surface area contributed by atoms with Gasteiger partial charge in [-0.25, -0.2) is 9.37 Å². The van der Waals surface area contributed by atoms with Crippen molar-refractivity contribution in [2.45, 2.75) is 17.8 Å². The van der Waals surface area contributed by atoms with Gasteiger partial charge in [-0.05, 0) is 48.9 Å². The minimum absolute atomic E-state index is 0.0681. The van der Waals surface area contributed by atoms with Crippen LogP contribution >= 0.6 is 11.8 Å². The fraction of sp³-hybridized carbons (Fsp3) is 0.0800. The number of nitrogen functional groups attached to an aromatic ring is 1. The number of nitrogens with zero attached hydrogens (tertiary/aromatic N) is 5. The van der Waals surface area contributed by atoms with Gasteiger partial charge in [-0.1, -0.05) is 48.2 Å². The predicted molar refractivity (Wildman–Crippen MR) is 136 cm³/mol. The normalized spacial score (nSPS) is 11.0. The summed E-state index contributed by atoms with van der Waals surface area (Å²) in [4.78, 5) is 30.9.